The van der Waals surface area contributed by atoms with Crippen LogP contribution in [0.1, 0.15) is 12.8 Å². The fraction of sp³-hybridized carbons (Fsp3) is 0.889. The predicted octanol–water partition coefficient (Wildman–Crippen LogP) is -0.338. The van der Waals surface area contributed by atoms with Crippen molar-refractivity contribution in [2.24, 2.45) is 5.73 Å². The van der Waals surface area contributed by atoms with E-state index < -0.39 is 0 Å². The quantitative estimate of drug-likeness (QED) is 0.634. The van der Waals surface area contributed by atoms with Crippen LogP contribution in [0.25, 0.3) is 0 Å². The Labute approximate surface area is 88.8 Å². The van der Waals surface area contributed by atoms with E-state index in [0.717, 1.165) is 25.9 Å². The number of nitrogens with two attached hydrogens (primary N) is 1. The van der Waals surface area contributed by atoms with Crippen molar-refractivity contribution in [2.45, 2.75) is 18.9 Å². The second-order valence-corrected chi connectivity index (χ2v) is 4.60. The SMILES string of the molecule is NC1CCN(C(=O)CSCCO)CC1. The fourth-order valence-electron chi connectivity index (χ4n) is 1.46. The molecule has 0 radical (unpaired) electrons. The molecule has 0 aromatic heterocycles. The van der Waals surface area contributed by atoms with Crippen molar-refractivity contribution >= 4 is 17.7 Å². The molecule has 4 nitrogen and oxygen atoms in total. The number of carbonyl (C=O) groups excluding carboxylic acids is 1. The Morgan fingerprint density at radius 3 is 2.71 bits per heavy atom. The van der Waals surface area contributed by atoms with Gasteiger partial charge < -0.3 is 15.7 Å². The summed E-state index contributed by atoms with van der Waals surface area (Å²) in [6.07, 6.45) is 1.83. The maximum Gasteiger partial charge on any atom is 0.232 e. The van der Waals surface area contributed by atoms with Crippen LogP contribution in [-0.2, 0) is 4.79 Å². The van der Waals surface area contributed by atoms with Crippen molar-refractivity contribution in [3.8, 4) is 0 Å². The van der Waals surface area contributed by atoms with Crippen molar-refractivity contribution in [1.29, 1.82) is 0 Å². The third kappa shape index (κ3) is 3.86. The lowest BCUT2D eigenvalue weighted by Crippen LogP contribution is -2.43. The zero-order chi connectivity index (χ0) is 10.4. The number of aliphatic hydroxyl groups is 1. The molecular formula is C9H18N2O2S. The number of piperidine rings is 1. The van der Waals surface area contributed by atoms with Crippen LogP contribution in [0.15, 0.2) is 0 Å². The highest BCUT2D eigenvalue weighted by Crippen LogP contribution is 2.10. The van der Waals surface area contributed by atoms with Crippen LogP contribution >= 0.6 is 11.8 Å². The third-order valence-corrected chi connectivity index (χ3v) is 3.28. The summed E-state index contributed by atoms with van der Waals surface area (Å²) in [6, 6.07) is 0.268. The smallest absolute Gasteiger partial charge is 0.232 e. The van der Waals surface area contributed by atoms with Crippen molar-refractivity contribution in [1.82, 2.24) is 4.90 Å². The first-order valence-corrected chi connectivity index (χ1v) is 6.11. The van der Waals surface area contributed by atoms with Gasteiger partial charge in [0.25, 0.3) is 0 Å². The Morgan fingerprint density at radius 1 is 1.50 bits per heavy atom. The summed E-state index contributed by atoms with van der Waals surface area (Å²) in [5.41, 5.74) is 5.74. The van der Waals surface area contributed by atoms with Crippen LogP contribution in [0.3, 0.4) is 0 Å². The lowest BCUT2D eigenvalue weighted by atomic mass is 10.1. The molecular weight excluding hydrogens is 200 g/mol. The molecule has 82 valence electrons. The molecule has 1 fully saturated rings. The van der Waals surface area contributed by atoms with Crippen LogP contribution in [0, 0.1) is 0 Å². The molecule has 0 aromatic rings. The molecule has 3 N–H and O–H groups in total. The lowest BCUT2D eigenvalue weighted by molar-refractivity contribution is -0.129. The average Bonchev–Trinajstić information content (AvgIpc) is 2.19. The molecule has 0 aromatic carbocycles. The topological polar surface area (TPSA) is 66.6 Å². The number of aliphatic hydroxyl groups excluding tert-OH is 1. The molecule has 0 saturated carbocycles. The Morgan fingerprint density at radius 2 is 2.14 bits per heavy atom. The highest BCUT2D eigenvalue weighted by Gasteiger charge is 2.19. The number of hydrogen-bond acceptors (Lipinski definition) is 4. The summed E-state index contributed by atoms with van der Waals surface area (Å²) in [5, 5.41) is 8.56. The minimum Gasteiger partial charge on any atom is -0.396 e. The van der Waals surface area contributed by atoms with Gasteiger partial charge in [0.1, 0.15) is 0 Å². The first-order chi connectivity index (χ1) is 6.74. The van der Waals surface area contributed by atoms with Crippen LogP contribution < -0.4 is 5.73 Å². The predicted molar refractivity (Wildman–Crippen MR) is 58.2 cm³/mol. The molecule has 1 aliphatic heterocycles. The summed E-state index contributed by atoms with van der Waals surface area (Å²) < 4.78 is 0. The first-order valence-electron chi connectivity index (χ1n) is 4.96. The maximum absolute atomic E-state index is 11.6. The van der Waals surface area contributed by atoms with Gasteiger partial charge >= 0.3 is 0 Å². The zero-order valence-corrected chi connectivity index (χ0v) is 9.13. The summed E-state index contributed by atoms with van der Waals surface area (Å²) in [4.78, 5) is 13.4. The minimum absolute atomic E-state index is 0.142. The number of carbonyl (C=O) groups is 1. The van der Waals surface area contributed by atoms with E-state index in [2.05, 4.69) is 0 Å². The van der Waals surface area contributed by atoms with Gasteiger partial charge in [-0.3, -0.25) is 4.79 Å². The van der Waals surface area contributed by atoms with Gasteiger partial charge in [-0.05, 0) is 12.8 Å². The molecule has 0 bridgehead atoms. The highest BCUT2D eigenvalue weighted by atomic mass is 32.2. The van der Waals surface area contributed by atoms with E-state index >= 15 is 0 Å². The van der Waals surface area contributed by atoms with Crippen LogP contribution in [0.2, 0.25) is 0 Å². The van der Waals surface area contributed by atoms with Crippen molar-refractivity contribution < 1.29 is 9.90 Å². The zero-order valence-electron chi connectivity index (χ0n) is 8.32. The van der Waals surface area contributed by atoms with Crippen LogP contribution in [0.5, 0.6) is 0 Å². The van der Waals surface area contributed by atoms with E-state index in [1.54, 1.807) is 0 Å². The molecule has 0 aliphatic carbocycles. The molecule has 1 saturated heterocycles. The fourth-order valence-corrected chi connectivity index (χ4v) is 2.09. The highest BCUT2D eigenvalue weighted by molar-refractivity contribution is 7.99. The molecule has 1 aliphatic rings. The largest absolute Gasteiger partial charge is 0.396 e. The van der Waals surface area contributed by atoms with Gasteiger partial charge in [-0.2, -0.15) is 0 Å². The number of rotatable bonds is 4. The second kappa shape index (κ2) is 6.27. The van der Waals surface area contributed by atoms with E-state index in [9.17, 15) is 4.79 Å². The van der Waals surface area contributed by atoms with Crippen molar-refractivity contribution in [2.75, 3.05) is 31.2 Å². The molecule has 1 amide bonds. The number of amides is 1. The molecule has 14 heavy (non-hydrogen) atoms. The molecule has 0 unspecified atom stereocenters. The van der Waals surface area contributed by atoms with E-state index in [4.69, 9.17) is 10.8 Å². The average molecular weight is 218 g/mol. The van der Waals surface area contributed by atoms with Gasteiger partial charge in [-0.1, -0.05) is 0 Å². The van der Waals surface area contributed by atoms with E-state index in [1.165, 1.54) is 11.8 Å². The summed E-state index contributed by atoms with van der Waals surface area (Å²) in [5.74, 6) is 1.30. The maximum atomic E-state index is 11.6. The normalized spacial score (nSPS) is 18.6. The van der Waals surface area contributed by atoms with Crippen LogP contribution in [-0.4, -0.2) is 53.2 Å². The number of thioether (sulfide) groups is 1. The Hall–Kier alpha value is -0.260. The van der Waals surface area contributed by atoms with Gasteiger partial charge in [-0.15, -0.1) is 11.8 Å². The van der Waals surface area contributed by atoms with Gasteiger partial charge in [0.2, 0.25) is 5.91 Å². The van der Waals surface area contributed by atoms with Crippen LogP contribution in [0.4, 0.5) is 0 Å². The van der Waals surface area contributed by atoms with Gasteiger partial charge in [0, 0.05) is 24.9 Å². The molecule has 0 atom stereocenters. The summed E-state index contributed by atoms with van der Waals surface area (Å²) in [7, 11) is 0. The number of hydrogen-bond donors (Lipinski definition) is 2. The van der Waals surface area contributed by atoms with Gasteiger partial charge in [0.15, 0.2) is 0 Å². The van der Waals surface area contributed by atoms with E-state index in [1.807, 2.05) is 4.90 Å². The first kappa shape index (κ1) is 11.8. The summed E-state index contributed by atoms with van der Waals surface area (Å²) in [6.45, 7) is 1.72. The van der Waals surface area contributed by atoms with Gasteiger partial charge in [-0.25, -0.2) is 0 Å². The van der Waals surface area contributed by atoms with E-state index in [-0.39, 0.29) is 18.6 Å². The summed E-state index contributed by atoms with van der Waals surface area (Å²) >= 11 is 1.48. The number of nitrogens with zero attached hydrogens (tertiary/aromatic N) is 1. The monoisotopic (exact) mass is 218 g/mol. The van der Waals surface area contributed by atoms with Crippen molar-refractivity contribution in [3.63, 3.8) is 0 Å². The standard InChI is InChI=1S/C9H18N2O2S/c10-8-1-3-11(4-2-8)9(13)7-14-6-5-12/h8,12H,1-7,10H2. The molecule has 0 spiro atoms. The Kier molecular flexibility index (Phi) is 5.29. The third-order valence-electron chi connectivity index (χ3n) is 2.35. The molecule has 1 rings (SSSR count). The van der Waals surface area contributed by atoms with E-state index in [0.29, 0.717) is 11.5 Å². The Balaban J connectivity index is 2.17. The second-order valence-electron chi connectivity index (χ2n) is 3.49. The van der Waals surface area contributed by atoms with Gasteiger partial charge in [0.05, 0.1) is 12.4 Å². The molecule has 5 heteroatoms. The lowest BCUT2D eigenvalue weighted by Gasteiger charge is -2.30. The van der Waals surface area contributed by atoms with Crippen molar-refractivity contribution in [3.05, 3.63) is 0 Å². The molecule has 1 heterocycles. The minimum atomic E-state index is 0.142. The number of likely N-dealkylation sites (tertiary alicyclic amines) is 1. The Bertz CT molecular complexity index is 182.